The molecule has 0 spiro atoms. The molecule has 0 N–H and O–H groups in total. The Morgan fingerprint density at radius 3 is 1.53 bits per heavy atom. The van der Waals surface area contributed by atoms with Crippen LogP contribution in [0.5, 0.6) is 0 Å². The number of aromatic nitrogens is 3. The lowest BCUT2D eigenvalue weighted by atomic mass is 10.0. The highest BCUT2D eigenvalue weighted by atomic mass is 16.3. The van der Waals surface area contributed by atoms with Gasteiger partial charge in [0.1, 0.15) is 5.58 Å². The second-order valence-corrected chi connectivity index (χ2v) is 15.3. The maximum atomic E-state index is 6.98. The first kappa shape index (κ1) is 34.0. The quantitative estimate of drug-likeness (QED) is 0.169. The van der Waals surface area contributed by atoms with E-state index in [-0.39, 0.29) is 0 Å². The highest BCUT2D eigenvalue weighted by Crippen LogP contribution is 2.43. The molecule has 12 aromatic rings. The molecule has 12 rings (SSSR count). The van der Waals surface area contributed by atoms with Gasteiger partial charge >= 0.3 is 0 Å². The molecule has 3 heterocycles. The average Bonchev–Trinajstić information content (AvgIpc) is 3.87. The van der Waals surface area contributed by atoms with Crippen LogP contribution < -0.4 is 0 Å². The largest absolute Gasteiger partial charge is 0.454 e. The second-order valence-electron chi connectivity index (χ2n) is 15.3. The Morgan fingerprint density at radius 2 is 0.883 bits per heavy atom. The highest BCUT2D eigenvalue weighted by Gasteiger charge is 2.22. The van der Waals surface area contributed by atoms with Crippen LogP contribution in [0, 0.1) is 0 Å². The van der Waals surface area contributed by atoms with Gasteiger partial charge in [0.25, 0.3) is 0 Å². The van der Waals surface area contributed by atoms with E-state index in [0.29, 0.717) is 5.82 Å². The minimum atomic E-state index is 0.659. The number of hydrogen-bond acceptors (Lipinski definition) is 3. The van der Waals surface area contributed by atoms with Crippen molar-refractivity contribution in [1.82, 2.24) is 14.5 Å². The van der Waals surface area contributed by atoms with Crippen molar-refractivity contribution in [3.8, 4) is 61.7 Å². The molecule has 0 aliphatic heterocycles. The Morgan fingerprint density at radius 1 is 0.367 bits per heavy atom. The van der Waals surface area contributed by atoms with Gasteiger partial charge in [-0.3, -0.25) is 0 Å². The number of para-hydroxylation sites is 2. The van der Waals surface area contributed by atoms with E-state index >= 15 is 0 Å². The molecule has 3 aromatic heterocycles. The smallest absolute Gasteiger partial charge is 0.161 e. The molecule has 0 unspecified atom stereocenters. The lowest BCUT2D eigenvalue weighted by Gasteiger charge is -2.11. The van der Waals surface area contributed by atoms with Crippen molar-refractivity contribution >= 4 is 54.6 Å². The van der Waals surface area contributed by atoms with Crippen molar-refractivity contribution in [3.63, 3.8) is 0 Å². The number of rotatable bonds is 6. The van der Waals surface area contributed by atoms with Crippen LogP contribution in [0.15, 0.2) is 217 Å². The summed E-state index contributed by atoms with van der Waals surface area (Å²) in [6.07, 6.45) is 0. The van der Waals surface area contributed by atoms with Crippen molar-refractivity contribution in [2.24, 2.45) is 0 Å². The summed E-state index contributed by atoms with van der Waals surface area (Å²) < 4.78 is 9.36. The monoisotopic (exact) mass is 765 g/mol. The van der Waals surface area contributed by atoms with E-state index in [1.54, 1.807) is 0 Å². The van der Waals surface area contributed by atoms with E-state index < -0.39 is 0 Å². The number of hydrogen-bond donors (Lipinski definition) is 0. The molecule has 0 saturated heterocycles. The highest BCUT2D eigenvalue weighted by molar-refractivity contribution is 6.16. The number of furan rings is 1. The first-order chi connectivity index (χ1) is 29.7. The zero-order valence-electron chi connectivity index (χ0n) is 32.5. The fraction of sp³-hybridized carbons (Fsp3) is 0. The third-order valence-corrected chi connectivity index (χ3v) is 11.8. The SMILES string of the molecule is c1ccc(-c2ccc(-c3nc(-c4cccc5oc6c(-n7c8cc(-c9ccccc9)ccc8c8ccc(-c9ccccc9)cc87)cccc6c45)nc4ccccc34)cc2)cc1. The van der Waals surface area contributed by atoms with E-state index in [1.165, 1.54) is 33.0 Å². The lowest BCUT2D eigenvalue weighted by Crippen LogP contribution is -1.96. The van der Waals surface area contributed by atoms with Gasteiger partial charge in [0.2, 0.25) is 0 Å². The van der Waals surface area contributed by atoms with Crippen LogP contribution in [-0.4, -0.2) is 14.5 Å². The summed E-state index contributed by atoms with van der Waals surface area (Å²) in [5.74, 6) is 0.659. The third-order valence-electron chi connectivity index (χ3n) is 11.8. The Kier molecular flexibility index (Phi) is 7.82. The van der Waals surface area contributed by atoms with Gasteiger partial charge in [-0.1, -0.05) is 182 Å². The van der Waals surface area contributed by atoms with E-state index in [4.69, 9.17) is 14.4 Å². The normalized spacial score (nSPS) is 11.7. The molecule has 0 amide bonds. The third kappa shape index (κ3) is 5.53. The Balaban J connectivity index is 1.08. The van der Waals surface area contributed by atoms with Gasteiger partial charge in [0, 0.05) is 38.1 Å². The summed E-state index contributed by atoms with van der Waals surface area (Å²) in [4.78, 5) is 10.6. The number of fused-ring (bicyclic) bond motifs is 7. The van der Waals surface area contributed by atoms with E-state index in [2.05, 4.69) is 199 Å². The topological polar surface area (TPSA) is 43.9 Å². The van der Waals surface area contributed by atoms with Gasteiger partial charge in [-0.25, -0.2) is 9.97 Å². The summed E-state index contributed by atoms with van der Waals surface area (Å²) in [5, 5.41) is 5.39. The predicted molar refractivity (Wildman–Crippen MR) is 248 cm³/mol. The molecule has 0 aliphatic carbocycles. The molecule has 0 radical (unpaired) electrons. The maximum absolute atomic E-state index is 6.98. The molecule has 4 nitrogen and oxygen atoms in total. The van der Waals surface area contributed by atoms with Crippen LogP contribution in [0.25, 0.3) is 116 Å². The molecular weight excluding hydrogens is 731 g/mol. The molecular formula is C56H35N3O. The van der Waals surface area contributed by atoms with Gasteiger partial charge in [-0.15, -0.1) is 0 Å². The molecule has 60 heavy (non-hydrogen) atoms. The zero-order valence-corrected chi connectivity index (χ0v) is 32.5. The molecule has 9 aromatic carbocycles. The van der Waals surface area contributed by atoms with Crippen LogP contribution in [0.3, 0.4) is 0 Å². The Bertz CT molecular complexity index is 3470. The molecule has 280 valence electrons. The Hall–Kier alpha value is -8.08. The first-order valence-corrected chi connectivity index (χ1v) is 20.3. The molecule has 0 fully saturated rings. The second kappa shape index (κ2) is 13.8. The summed E-state index contributed by atoms with van der Waals surface area (Å²) in [6, 6.07) is 74.9. The van der Waals surface area contributed by atoms with E-state index in [1.807, 2.05) is 18.2 Å². The number of nitrogens with zero attached hydrogens (tertiary/aromatic N) is 3. The summed E-state index contributed by atoms with van der Waals surface area (Å²) >= 11 is 0. The Labute approximate surface area is 346 Å². The minimum Gasteiger partial charge on any atom is -0.454 e. The van der Waals surface area contributed by atoms with Gasteiger partial charge in [-0.05, 0) is 63.7 Å². The average molecular weight is 766 g/mol. The van der Waals surface area contributed by atoms with Crippen LogP contribution in [0.2, 0.25) is 0 Å². The summed E-state index contributed by atoms with van der Waals surface area (Å²) in [7, 11) is 0. The van der Waals surface area contributed by atoms with Crippen LogP contribution in [0.4, 0.5) is 0 Å². The van der Waals surface area contributed by atoms with Gasteiger partial charge in [-0.2, -0.15) is 0 Å². The van der Waals surface area contributed by atoms with Crippen molar-refractivity contribution in [2.75, 3.05) is 0 Å². The lowest BCUT2D eigenvalue weighted by molar-refractivity contribution is 0.666. The van der Waals surface area contributed by atoms with Crippen molar-refractivity contribution < 1.29 is 4.42 Å². The standard InChI is InChI=1S/C56H35N3O/c1-4-14-36(15-5-1)39-26-28-40(29-27-39)54-45-20-10-11-23-48(45)57-56(58-54)47-22-13-25-52-53(47)46-21-12-24-49(55(46)60-52)59-50-34-41(37-16-6-2-7-17-37)30-32-43(50)44-33-31-42(35-51(44)59)38-18-8-3-9-19-38/h1-35H. The van der Waals surface area contributed by atoms with Crippen LogP contribution in [0.1, 0.15) is 0 Å². The van der Waals surface area contributed by atoms with Crippen LogP contribution in [-0.2, 0) is 0 Å². The number of benzene rings is 9. The fourth-order valence-corrected chi connectivity index (χ4v) is 8.96. The van der Waals surface area contributed by atoms with Crippen molar-refractivity contribution in [3.05, 3.63) is 212 Å². The summed E-state index contributed by atoms with van der Waals surface area (Å²) in [5.41, 5.74) is 15.6. The molecule has 0 bridgehead atoms. The molecule has 0 aliphatic rings. The fourth-order valence-electron chi connectivity index (χ4n) is 8.96. The maximum Gasteiger partial charge on any atom is 0.161 e. The molecule has 0 atom stereocenters. The van der Waals surface area contributed by atoms with Gasteiger partial charge in [0.15, 0.2) is 11.4 Å². The van der Waals surface area contributed by atoms with Crippen molar-refractivity contribution in [1.29, 1.82) is 0 Å². The van der Waals surface area contributed by atoms with E-state index in [0.717, 1.165) is 77.5 Å². The van der Waals surface area contributed by atoms with Gasteiger partial charge < -0.3 is 8.98 Å². The van der Waals surface area contributed by atoms with Crippen LogP contribution >= 0.6 is 0 Å². The zero-order chi connectivity index (χ0) is 39.6. The molecule has 4 heteroatoms. The minimum absolute atomic E-state index is 0.659. The first-order valence-electron chi connectivity index (χ1n) is 20.3. The summed E-state index contributed by atoms with van der Waals surface area (Å²) in [6.45, 7) is 0. The van der Waals surface area contributed by atoms with Crippen molar-refractivity contribution in [2.45, 2.75) is 0 Å². The van der Waals surface area contributed by atoms with Gasteiger partial charge in [0.05, 0.1) is 27.9 Å². The van der Waals surface area contributed by atoms with E-state index in [9.17, 15) is 0 Å². The molecule has 0 saturated carbocycles. The predicted octanol–water partition coefficient (Wildman–Crippen LogP) is 15.0.